The van der Waals surface area contributed by atoms with E-state index in [4.69, 9.17) is 0 Å². The van der Waals surface area contributed by atoms with Gasteiger partial charge in [-0.15, -0.1) is 0 Å². The fourth-order valence-corrected chi connectivity index (χ4v) is 2.88. The topological polar surface area (TPSA) is 64.0 Å². The van der Waals surface area contributed by atoms with Gasteiger partial charge in [0.25, 0.3) is 5.56 Å². The predicted molar refractivity (Wildman–Crippen MR) is 111 cm³/mol. The summed E-state index contributed by atoms with van der Waals surface area (Å²) in [5.41, 5.74) is 5.04. The molecule has 0 aliphatic carbocycles. The number of hydrogen-bond donors (Lipinski definition) is 1. The van der Waals surface area contributed by atoms with Gasteiger partial charge in [0.15, 0.2) is 0 Å². The maximum absolute atomic E-state index is 12.1. The molecule has 1 N–H and O–H groups in total. The number of hydrogen-bond acceptors (Lipinski definition) is 3. The van der Waals surface area contributed by atoms with Gasteiger partial charge in [-0.1, -0.05) is 59.7 Å². The van der Waals surface area contributed by atoms with E-state index in [1.807, 2.05) is 31.2 Å². The molecular formula is C23H25N3O2. The lowest BCUT2D eigenvalue weighted by Gasteiger charge is -2.08. The first-order valence-electron chi connectivity index (χ1n) is 9.49. The minimum Gasteiger partial charge on any atom is -0.356 e. The number of amides is 1. The standard InChI is InChI=1S/C23H25N3O2/c1-17-3-7-19(8-4-17)13-15-24-22(27)14-16-26-23(28)12-11-21(25-26)20-9-5-18(2)6-10-20/h3-12H,13-16H2,1-2H3,(H,24,27). The molecule has 0 radical (unpaired) electrons. The highest BCUT2D eigenvalue weighted by Gasteiger charge is 2.06. The predicted octanol–water partition coefficient (Wildman–Crippen LogP) is 3.28. The summed E-state index contributed by atoms with van der Waals surface area (Å²) in [5.74, 6) is -0.0819. The molecule has 0 saturated carbocycles. The van der Waals surface area contributed by atoms with Crippen LogP contribution in [0.4, 0.5) is 0 Å². The molecule has 0 aliphatic heterocycles. The molecule has 1 amide bonds. The van der Waals surface area contributed by atoms with Crippen LogP contribution in [0.5, 0.6) is 0 Å². The molecule has 2 aromatic carbocycles. The summed E-state index contributed by atoms with van der Waals surface area (Å²) < 4.78 is 1.36. The summed E-state index contributed by atoms with van der Waals surface area (Å²) in [6.45, 7) is 4.91. The molecule has 144 valence electrons. The lowest BCUT2D eigenvalue weighted by Crippen LogP contribution is -2.29. The zero-order valence-corrected chi connectivity index (χ0v) is 16.3. The van der Waals surface area contributed by atoms with Gasteiger partial charge in [-0.3, -0.25) is 9.59 Å². The fourth-order valence-electron chi connectivity index (χ4n) is 2.88. The molecule has 5 nitrogen and oxygen atoms in total. The van der Waals surface area contributed by atoms with Gasteiger partial charge >= 0.3 is 0 Å². The van der Waals surface area contributed by atoms with Crippen molar-refractivity contribution < 1.29 is 4.79 Å². The lowest BCUT2D eigenvalue weighted by atomic mass is 10.1. The van der Waals surface area contributed by atoms with E-state index in [1.165, 1.54) is 27.4 Å². The molecular weight excluding hydrogens is 350 g/mol. The quantitative estimate of drug-likeness (QED) is 0.689. The molecule has 1 heterocycles. The first kappa shape index (κ1) is 19.5. The fraction of sp³-hybridized carbons (Fsp3) is 0.261. The number of rotatable bonds is 7. The van der Waals surface area contributed by atoms with E-state index in [0.717, 1.165) is 17.7 Å². The zero-order valence-electron chi connectivity index (χ0n) is 16.3. The van der Waals surface area contributed by atoms with Gasteiger partial charge in [-0.2, -0.15) is 5.10 Å². The van der Waals surface area contributed by atoms with Gasteiger partial charge < -0.3 is 5.32 Å². The summed E-state index contributed by atoms with van der Waals surface area (Å²) in [6.07, 6.45) is 1.01. The van der Waals surface area contributed by atoms with Crippen LogP contribution < -0.4 is 10.9 Å². The van der Waals surface area contributed by atoms with Crippen LogP contribution in [0.25, 0.3) is 11.3 Å². The Labute approximate surface area is 165 Å². The third-order valence-corrected chi connectivity index (χ3v) is 4.62. The molecule has 5 heteroatoms. The first-order valence-corrected chi connectivity index (χ1v) is 9.49. The van der Waals surface area contributed by atoms with Crippen LogP contribution in [-0.2, 0) is 17.8 Å². The number of aryl methyl sites for hydroxylation is 3. The Hall–Kier alpha value is -3.21. The van der Waals surface area contributed by atoms with Crippen molar-refractivity contribution in [2.45, 2.75) is 33.2 Å². The first-order chi connectivity index (χ1) is 13.5. The molecule has 0 fully saturated rings. The molecule has 3 rings (SSSR count). The number of nitrogens with one attached hydrogen (secondary N) is 1. The zero-order chi connectivity index (χ0) is 19.9. The molecule has 28 heavy (non-hydrogen) atoms. The Kier molecular flexibility index (Phi) is 6.37. The molecule has 0 saturated heterocycles. The molecule has 0 spiro atoms. The molecule has 0 unspecified atom stereocenters. The highest BCUT2D eigenvalue weighted by atomic mass is 16.2. The summed E-state index contributed by atoms with van der Waals surface area (Å²) in [6, 6.07) is 19.5. The average Bonchev–Trinajstić information content (AvgIpc) is 2.69. The van der Waals surface area contributed by atoms with Gasteiger partial charge in [-0.25, -0.2) is 4.68 Å². The van der Waals surface area contributed by atoms with E-state index in [2.05, 4.69) is 41.6 Å². The van der Waals surface area contributed by atoms with Crippen molar-refractivity contribution >= 4 is 5.91 Å². The van der Waals surface area contributed by atoms with Crippen LogP contribution in [-0.4, -0.2) is 22.2 Å². The van der Waals surface area contributed by atoms with Crippen LogP contribution in [0.2, 0.25) is 0 Å². The van der Waals surface area contributed by atoms with Gasteiger partial charge in [-0.05, 0) is 31.9 Å². The van der Waals surface area contributed by atoms with E-state index in [-0.39, 0.29) is 24.4 Å². The van der Waals surface area contributed by atoms with Crippen LogP contribution in [0, 0.1) is 13.8 Å². The van der Waals surface area contributed by atoms with Gasteiger partial charge in [0, 0.05) is 24.6 Å². The maximum Gasteiger partial charge on any atom is 0.266 e. The Balaban J connectivity index is 1.54. The van der Waals surface area contributed by atoms with Gasteiger partial charge in [0.2, 0.25) is 5.91 Å². The van der Waals surface area contributed by atoms with Crippen molar-refractivity contribution in [2.75, 3.05) is 6.54 Å². The molecule has 0 bridgehead atoms. The van der Waals surface area contributed by atoms with Crippen LogP contribution in [0.1, 0.15) is 23.1 Å². The third-order valence-electron chi connectivity index (χ3n) is 4.62. The summed E-state index contributed by atoms with van der Waals surface area (Å²) in [5, 5.41) is 7.31. The minimum atomic E-state index is -0.205. The van der Waals surface area contributed by atoms with Crippen molar-refractivity contribution in [3.8, 4) is 11.3 Å². The maximum atomic E-state index is 12.1. The number of nitrogens with zero attached hydrogens (tertiary/aromatic N) is 2. The van der Waals surface area contributed by atoms with E-state index < -0.39 is 0 Å². The molecule has 1 aromatic heterocycles. The second kappa shape index (κ2) is 9.13. The monoisotopic (exact) mass is 375 g/mol. The van der Waals surface area contributed by atoms with Crippen LogP contribution in [0.15, 0.2) is 65.5 Å². The Morgan fingerprint density at radius 3 is 2.25 bits per heavy atom. The Bertz CT molecular complexity index is 990. The van der Waals surface area contributed by atoms with Crippen molar-refractivity contribution in [3.05, 3.63) is 87.7 Å². The van der Waals surface area contributed by atoms with Gasteiger partial charge in [0.05, 0.1) is 12.2 Å². The van der Waals surface area contributed by atoms with E-state index >= 15 is 0 Å². The van der Waals surface area contributed by atoms with Crippen molar-refractivity contribution in [3.63, 3.8) is 0 Å². The van der Waals surface area contributed by atoms with Crippen molar-refractivity contribution in [1.29, 1.82) is 0 Å². The Morgan fingerprint density at radius 1 is 0.929 bits per heavy atom. The largest absolute Gasteiger partial charge is 0.356 e. The van der Waals surface area contributed by atoms with Crippen molar-refractivity contribution in [2.24, 2.45) is 0 Å². The molecule has 0 aliphatic rings. The third kappa shape index (κ3) is 5.39. The average molecular weight is 375 g/mol. The summed E-state index contributed by atoms with van der Waals surface area (Å²) in [4.78, 5) is 24.2. The normalized spacial score (nSPS) is 10.6. The second-order valence-electron chi connectivity index (χ2n) is 6.98. The lowest BCUT2D eigenvalue weighted by molar-refractivity contribution is -0.121. The van der Waals surface area contributed by atoms with Crippen molar-refractivity contribution in [1.82, 2.24) is 15.1 Å². The molecule has 3 aromatic rings. The van der Waals surface area contributed by atoms with Gasteiger partial charge in [0.1, 0.15) is 0 Å². The number of aromatic nitrogens is 2. The minimum absolute atomic E-state index is 0.0819. The van der Waals surface area contributed by atoms with Crippen LogP contribution >= 0.6 is 0 Å². The number of carbonyl (C=O) groups excluding carboxylic acids is 1. The second-order valence-corrected chi connectivity index (χ2v) is 6.98. The van der Waals surface area contributed by atoms with E-state index in [1.54, 1.807) is 6.07 Å². The van der Waals surface area contributed by atoms with E-state index in [0.29, 0.717) is 6.54 Å². The smallest absolute Gasteiger partial charge is 0.266 e. The highest BCUT2D eigenvalue weighted by molar-refractivity contribution is 5.75. The Morgan fingerprint density at radius 2 is 1.57 bits per heavy atom. The number of benzene rings is 2. The van der Waals surface area contributed by atoms with E-state index in [9.17, 15) is 9.59 Å². The van der Waals surface area contributed by atoms with Crippen LogP contribution in [0.3, 0.4) is 0 Å². The SMILES string of the molecule is Cc1ccc(CCNC(=O)CCn2nc(-c3ccc(C)cc3)ccc2=O)cc1. The number of carbonyl (C=O) groups is 1. The molecule has 0 atom stereocenters. The summed E-state index contributed by atoms with van der Waals surface area (Å²) >= 11 is 0. The summed E-state index contributed by atoms with van der Waals surface area (Å²) in [7, 11) is 0. The highest BCUT2D eigenvalue weighted by Crippen LogP contribution is 2.15.